The van der Waals surface area contributed by atoms with Crippen molar-refractivity contribution in [3.05, 3.63) is 0 Å². The fraction of sp³-hybridized carbons (Fsp3) is 1.00. The van der Waals surface area contributed by atoms with Crippen LogP contribution in [-0.2, 0) is 4.57 Å². The van der Waals surface area contributed by atoms with Gasteiger partial charge in [0.15, 0.2) is 0 Å². The number of hydrogen-bond acceptors (Lipinski definition) is 2. The summed E-state index contributed by atoms with van der Waals surface area (Å²) in [4.78, 5) is 0. The lowest BCUT2D eigenvalue weighted by atomic mass is 9.75. The fourth-order valence-corrected chi connectivity index (χ4v) is 2.15. The van der Waals surface area contributed by atoms with E-state index < -0.39 is 0 Å². The maximum absolute atomic E-state index is 9.71. The molecular weight excluding hydrogens is 183 g/mol. The molecule has 4 atom stereocenters. The van der Waals surface area contributed by atoms with Crippen molar-refractivity contribution in [2.45, 2.75) is 46.1 Å². The number of aliphatic hydroxyl groups excluding tert-OH is 1. The zero-order valence-electron chi connectivity index (χ0n) is 8.99. The predicted molar refractivity (Wildman–Crippen MR) is 59.1 cm³/mol. The average molecular weight is 206 g/mol. The highest BCUT2D eigenvalue weighted by Crippen LogP contribution is 2.33. The first kappa shape index (κ1) is 13.2. The van der Waals surface area contributed by atoms with Crippen LogP contribution in [0.1, 0.15) is 40.0 Å². The van der Waals surface area contributed by atoms with E-state index in [2.05, 4.69) is 20.8 Å². The summed E-state index contributed by atoms with van der Waals surface area (Å²) < 4.78 is 8.28. The number of hydrogen-bond donors (Lipinski definition) is 1. The Bertz CT molecular complexity index is 139. The normalized spacial score (nSPS) is 34.1. The SMILES string of the molecule is CC1CCC(C(C)C)C(O)C1.O=[PH3]. The van der Waals surface area contributed by atoms with Gasteiger partial charge in [-0.2, -0.15) is 0 Å². The molecule has 0 aromatic rings. The van der Waals surface area contributed by atoms with E-state index in [1.165, 1.54) is 12.8 Å². The summed E-state index contributed by atoms with van der Waals surface area (Å²) in [6.45, 7) is 6.66. The summed E-state index contributed by atoms with van der Waals surface area (Å²) in [5.41, 5.74) is 0. The third-order valence-electron chi connectivity index (χ3n) is 2.99. The van der Waals surface area contributed by atoms with Gasteiger partial charge in [-0.05, 0) is 30.6 Å². The van der Waals surface area contributed by atoms with Crippen LogP contribution < -0.4 is 0 Å². The molecule has 0 aliphatic heterocycles. The second-order valence-corrected chi connectivity index (χ2v) is 4.39. The molecule has 80 valence electrons. The van der Waals surface area contributed by atoms with E-state index in [-0.39, 0.29) is 6.10 Å². The highest BCUT2D eigenvalue weighted by Gasteiger charge is 2.28. The summed E-state index contributed by atoms with van der Waals surface area (Å²) in [6.07, 6.45) is 3.52. The zero-order valence-corrected chi connectivity index (χ0v) is 10.4. The van der Waals surface area contributed by atoms with Gasteiger partial charge in [0.2, 0.25) is 0 Å². The van der Waals surface area contributed by atoms with Crippen molar-refractivity contribution in [3.8, 4) is 0 Å². The molecule has 1 saturated carbocycles. The molecule has 0 aromatic carbocycles. The van der Waals surface area contributed by atoms with Crippen LogP contribution >= 0.6 is 9.12 Å². The third kappa shape index (κ3) is 4.28. The molecule has 3 heteroatoms. The van der Waals surface area contributed by atoms with Crippen molar-refractivity contribution < 1.29 is 9.67 Å². The average Bonchev–Trinajstić information content (AvgIpc) is 2.07. The number of rotatable bonds is 1. The van der Waals surface area contributed by atoms with E-state index in [1.807, 2.05) is 0 Å². The molecule has 0 heterocycles. The third-order valence-corrected chi connectivity index (χ3v) is 2.99. The molecule has 0 saturated heterocycles. The van der Waals surface area contributed by atoms with Crippen LogP contribution in [0.25, 0.3) is 0 Å². The van der Waals surface area contributed by atoms with E-state index in [9.17, 15) is 5.11 Å². The lowest BCUT2D eigenvalue weighted by Gasteiger charge is -2.33. The van der Waals surface area contributed by atoms with E-state index in [1.54, 1.807) is 0 Å². The lowest BCUT2D eigenvalue weighted by molar-refractivity contribution is 0.0266. The van der Waals surface area contributed by atoms with Crippen LogP contribution in [0.2, 0.25) is 0 Å². The molecule has 0 bridgehead atoms. The second kappa shape index (κ2) is 6.62. The second-order valence-electron chi connectivity index (χ2n) is 4.39. The van der Waals surface area contributed by atoms with Crippen LogP contribution in [0.15, 0.2) is 0 Å². The van der Waals surface area contributed by atoms with Crippen LogP contribution in [0, 0.1) is 17.8 Å². The Balaban J connectivity index is 0.000000671. The Morgan fingerprint density at radius 3 is 2.23 bits per heavy atom. The monoisotopic (exact) mass is 206 g/mol. The van der Waals surface area contributed by atoms with Gasteiger partial charge in [-0.3, -0.25) is 0 Å². The molecule has 1 aliphatic rings. The molecule has 4 unspecified atom stereocenters. The minimum absolute atomic E-state index is 0.0289. The Hall–Kier alpha value is 0.190. The summed E-state index contributed by atoms with van der Waals surface area (Å²) in [6, 6.07) is 0. The van der Waals surface area contributed by atoms with Gasteiger partial charge in [-0.15, -0.1) is 0 Å². The smallest absolute Gasteiger partial charge is 0.0573 e. The van der Waals surface area contributed by atoms with Crippen LogP contribution in [0.3, 0.4) is 0 Å². The maximum atomic E-state index is 9.71. The van der Waals surface area contributed by atoms with Gasteiger partial charge >= 0.3 is 0 Å². The van der Waals surface area contributed by atoms with E-state index in [4.69, 9.17) is 4.57 Å². The summed E-state index contributed by atoms with van der Waals surface area (Å²) in [5, 5.41) is 9.71. The van der Waals surface area contributed by atoms with Crippen molar-refractivity contribution in [3.63, 3.8) is 0 Å². The Morgan fingerprint density at radius 2 is 1.85 bits per heavy atom. The predicted octanol–water partition coefficient (Wildman–Crippen LogP) is 2.38. The highest BCUT2D eigenvalue weighted by molar-refractivity contribution is 7.00. The first-order valence-corrected chi connectivity index (χ1v) is 5.66. The van der Waals surface area contributed by atoms with Crippen molar-refractivity contribution in [2.24, 2.45) is 17.8 Å². The molecule has 0 spiro atoms. The van der Waals surface area contributed by atoms with Gasteiger partial charge in [0.05, 0.1) is 15.2 Å². The maximum Gasteiger partial charge on any atom is 0.0573 e. The fourth-order valence-electron chi connectivity index (χ4n) is 2.15. The lowest BCUT2D eigenvalue weighted by Crippen LogP contribution is -2.31. The molecule has 1 aliphatic carbocycles. The molecule has 1 rings (SSSR count). The molecule has 1 fully saturated rings. The number of aliphatic hydroxyl groups is 1. The van der Waals surface area contributed by atoms with E-state index in [0.29, 0.717) is 21.0 Å². The quantitative estimate of drug-likeness (QED) is 0.669. The Labute approximate surface area is 83.4 Å². The van der Waals surface area contributed by atoms with Gasteiger partial charge in [-0.25, -0.2) is 0 Å². The minimum Gasteiger partial charge on any atom is -0.393 e. The first-order chi connectivity index (χ1) is 6.11. The molecule has 0 amide bonds. The van der Waals surface area contributed by atoms with Gasteiger partial charge < -0.3 is 9.67 Å². The molecule has 1 N–H and O–H groups in total. The van der Waals surface area contributed by atoms with Crippen LogP contribution in [-0.4, -0.2) is 11.2 Å². The first-order valence-electron chi connectivity index (χ1n) is 5.08. The van der Waals surface area contributed by atoms with Gasteiger partial charge in [0.25, 0.3) is 0 Å². The van der Waals surface area contributed by atoms with E-state index >= 15 is 0 Å². The van der Waals surface area contributed by atoms with Crippen LogP contribution in [0.5, 0.6) is 0 Å². The van der Waals surface area contributed by atoms with Crippen molar-refractivity contribution in [1.82, 2.24) is 0 Å². The largest absolute Gasteiger partial charge is 0.393 e. The summed E-state index contributed by atoms with van der Waals surface area (Å²) >= 11 is 0. The van der Waals surface area contributed by atoms with Gasteiger partial charge in [0.1, 0.15) is 0 Å². The van der Waals surface area contributed by atoms with Crippen molar-refractivity contribution in [2.75, 3.05) is 0 Å². The zero-order chi connectivity index (χ0) is 10.4. The van der Waals surface area contributed by atoms with Crippen LogP contribution in [0.4, 0.5) is 0 Å². The molecule has 2 nitrogen and oxygen atoms in total. The van der Waals surface area contributed by atoms with Crippen molar-refractivity contribution in [1.29, 1.82) is 0 Å². The topological polar surface area (TPSA) is 37.3 Å². The summed E-state index contributed by atoms with van der Waals surface area (Å²) in [7, 11) is 0.611. The molecular formula is C10H23O2P. The van der Waals surface area contributed by atoms with Crippen molar-refractivity contribution >= 4 is 9.12 Å². The Morgan fingerprint density at radius 1 is 1.31 bits per heavy atom. The minimum atomic E-state index is -0.0289. The molecule has 0 aromatic heterocycles. The molecule has 13 heavy (non-hydrogen) atoms. The standard InChI is InChI=1S/C10H20O.H3OP/c1-7(2)9-5-4-8(3)6-10(9)11;1-2/h7-11H,4-6H2,1-3H3;2H3. The van der Waals surface area contributed by atoms with Gasteiger partial charge in [0, 0.05) is 0 Å². The van der Waals surface area contributed by atoms with E-state index in [0.717, 1.165) is 12.3 Å². The summed E-state index contributed by atoms with van der Waals surface area (Å²) in [5.74, 6) is 1.95. The highest BCUT2D eigenvalue weighted by atomic mass is 31.0. The Kier molecular flexibility index (Phi) is 6.71. The molecule has 0 radical (unpaired) electrons. The van der Waals surface area contributed by atoms with Gasteiger partial charge in [-0.1, -0.05) is 27.2 Å².